The number of ether oxygens (including phenoxy) is 1. The fourth-order valence-electron chi connectivity index (χ4n) is 2.87. The smallest absolute Gasteiger partial charge is 0.242 e. The summed E-state index contributed by atoms with van der Waals surface area (Å²) in [7, 11) is 3.36. The number of aliphatic imine (C=N–C) groups is 1. The summed E-state index contributed by atoms with van der Waals surface area (Å²) in [6, 6.07) is 5.83. The molecule has 1 heterocycles. The van der Waals surface area contributed by atoms with Gasteiger partial charge in [-0.05, 0) is 30.5 Å². The number of carbonyl (C=O) groups is 1. The van der Waals surface area contributed by atoms with Gasteiger partial charge < -0.3 is 31.7 Å². The fourth-order valence-corrected chi connectivity index (χ4v) is 2.87. The number of allylic oxidation sites excluding steroid dienone is 1. The highest BCUT2D eigenvalue weighted by Gasteiger charge is 2.19. The predicted molar refractivity (Wildman–Crippen MR) is 119 cm³/mol. The second-order valence-corrected chi connectivity index (χ2v) is 6.65. The van der Waals surface area contributed by atoms with Crippen LogP contribution in [0, 0.1) is 24.2 Å². The third-order valence-electron chi connectivity index (χ3n) is 4.63. The number of nitrogens with one attached hydrogen (secondary N) is 3. The van der Waals surface area contributed by atoms with Crippen molar-refractivity contribution in [1.82, 2.24) is 10.2 Å². The molecular weight excluding hydrogens is 382 g/mol. The van der Waals surface area contributed by atoms with Crippen LogP contribution in [0.2, 0.25) is 0 Å². The van der Waals surface area contributed by atoms with Gasteiger partial charge in [-0.15, -0.1) is 0 Å². The Morgan fingerprint density at radius 2 is 2.03 bits per heavy atom. The van der Waals surface area contributed by atoms with Crippen molar-refractivity contribution < 1.29 is 9.53 Å². The topological polar surface area (TPSA) is 142 Å². The van der Waals surface area contributed by atoms with Crippen LogP contribution in [0.1, 0.15) is 11.1 Å². The molecule has 0 aliphatic carbocycles. The van der Waals surface area contributed by atoms with Crippen LogP contribution in [-0.4, -0.2) is 69.4 Å². The van der Waals surface area contributed by atoms with Crippen LogP contribution in [0.4, 0.5) is 5.69 Å². The lowest BCUT2D eigenvalue weighted by Crippen LogP contribution is -2.46. The van der Waals surface area contributed by atoms with Gasteiger partial charge in [0.1, 0.15) is 11.7 Å². The van der Waals surface area contributed by atoms with E-state index in [4.69, 9.17) is 21.6 Å². The summed E-state index contributed by atoms with van der Waals surface area (Å²) in [4.78, 5) is 18.2. The van der Waals surface area contributed by atoms with E-state index in [0.29, 0.717) is 26.3 Å². The van der Waals surface area contributed by atoms with Crippen molar-refractivity contribution in [2.75, 3.05) is 52.3 Å². The maximum absolute atomic E-state index is 12.4. The standard InChI is InChI=1S/C21H29N7O2/c1-14-4-6-16(25-2)12-15(14)5-7-17(22)19(20(23)24)21(26-3)27-13-18(29)28-8-10-30-11-9-28/h4,6,12,25H,8-11,13,22H2,1-3H3,(H3,23,24)(H,26,27)/b19-17-. The minimum atomic E-state index is -0.283. The van der Waals surface area contributed by atoms with Gasteiger partial charge in [-0.2, -0.15) is 0 Å². The highest BCUT2D eigenvalue weighted by atomic mass is 16.5. The van der Waals surface area contributed by atoms with Crippen molar-refractivity contribution in [1.29, 1.82) is 5.41 Å². The number of amides is 1. The van der Waals surface area contributed by atoms with Crippen molar-refractivity contribution in [3.8, 4) is 11.8 Å². The molecule has 30 heavy (non-hydrogen) atoms. The molecule has 0 unspecified atom stereocenters. The number of morpholine rings is 1. The molecular formula is C21H29N7O2. The average molecular weight is 412 g/mol. The number of carbonyl (C=O) groups excluding carboxylic acids is 1. The molecule has 0 aromatic heterocycles. The Morgan fingerprint density at radius 3 is 2.63 bits per heavy atom. The molecule has 0 atom stereocenters. The molecule has 7 N–H and O–H groups in total. The Labute approximate surface area is 177 Å². The van der Waals surface area contributed by atoms with Crippen molar-refractivity contribution >= 4 is 23.3 Å². The van der Waals surface area contributed by atoms with Crippen LogP contribution in [0.3, 0.4) is 0 Å². The Bertz CT molecular complexity index is 919. The molecule has 1 fully saturated rings. The maximum atomic E-state index is 12.4. The first kappa shape index (κ1) is 22.8. The molecule has 0 spiro atoms. The van der Waals surface area contributed by atoms with E-state index in [0.717, 1.165) is 16.8 Å². The molecule has 1 aromatic carbocycles. The molecule has 0 bridgehead atoms. The van der Waals surface area contributed by atoms with Gasteiger partial charge in [-0.25, -0.2) is 0 Å². The van der Waals surface area contributed by atoms with Crippen LogP contribution < -0.4 is 22.1 Å². The van der Waals surface area contributed by atoms with Crippen LogP contribution in [0.15, 0.2) is 34.5 Å². The first-order valence-corrected chi connectivity index (χ1v) is 9.58. The molecule has 0 saturated carbocycles. The lowest BCUT2D eigenvalue weighted by molar-refractivity contribution is -0.133. The zero-order valence-corrected chi connectivity index (χ0v) is 17.6. The number of hydrogen-bond donors (Lipinski definition) is 5. The number of benzene rings is 1. The summed E-state index contributed by atoms with van der Waals surface area (Å²) in [5, 5.41) is 13.9. The molecule has 1 aliphatic heterocycles. The molecule has 1 aromatic rings. The van der Waals surface area contributed by atoms with E-state index in [1.807, 2.05) is 32.2 Å². The number of aryl methyl sites for hydroxylation is 1. The maximum Gasteiger partial charge on any atom is 0.242 e. The molecule has 1 amide bonds. The summed E-state index contributed by atoms with van der Waals surface area (Å²) in [5.41, 5.74) is 14.9. The van der Waals surface area contributed by atoms with Gasteiger partial charge in [-0.1, -0.05) is 12.0 Å². The molecule has 160 valence electrons. The van der Waals surface area contributed by atoms with Crippen LogP contribution in [0.25, 0.3) is 0 Å². The number of nitrogens with two attached hydrogens (primary N) is 2. The third-order valence-corrected chi connectivity index (χ3v) is 4.63. The van der Waals surface area contributed by atoms with E-state index >= 15 is 0 Å². The van der Waals surface area contributed by atoms with Gasteiger partial charge in [0.2, 0.25) is 5.91 Å². The quantitative estimate of drug-likeness (QED) is 0.263. The summed E-state index contributed by atoms with van der Waals surface area (Å²) < 4.78 is 5.26. The van der Waals surface area contributed by atoms with Gasteiger partial charge in [0, 0.05) is 38.4 Å². The second-order valence-electron chi connectivity index (χ2n) is 6.65. The number of hydrogen-bond acceptors (Lipinski definition) is 6. The van der Waals surface area contributed by atoms with Gasteiger partial charge in [-0.3, -0.25) is 15.2 Å². The molecule has 1 aliphatic rings. The van der Waals surface area contributed by atoms with Crippen LogP contribution in [-0.2, 0) is 9.53 Å². The predicted octanol–water partition coefficient (Wildman–Crippen LogP) is 0.0137. The Balaban J connectivity index is 2.22. The van der Waals surface area contributed by atoms with Crippen LogP contribution in [0.5, 0.6) is 0 Å². The van der Waals surface area contributed by atoms with E-state index in [9.17, 15) is 4.79 Å². The minimum Gasteiger partial charge on any atom is -0.391 e. The second kappa shape index (κ2) is 10.9. The summed E-state index contributed by atoms with van der Waals surface area (Å²) in [6.45, 7) is 4.10. The zero-order chi connectivity index (χ0) is 22.1. The molecule has 0 radical (unpaired) electrons. The van der Waals surface area contributed by atoms with E-state index in [1.54, 1.807) is 4.90 Å². The highest BCUT2D eigenvalue weighted by Crippen LogP contribution is 2.14. The number of amidine groups is 2. The monoisotopic (exact) mass is 411 g/mol. The molecule has 9 heteroatoms. The average Bonchev–Trinajstić information content (AvgIpc) is 2.75. The SMILES string of the molecule is CN=C(NCC(=O)N1CCOCC1)/C(C(=N)N)=C(\N)C#Cc1cc(NC)ccc1C. The normalized spacial score (nSPS) is 14.9. The number of rotatable bonds is 5. The number of nitrogens with zero attached hydrogens (tertiary/aromatic N) is 2. The lowest BCUT2D eigenvalue weighted by atomic mass is 10.1. The van der Waals surface area contributed by atoms with E-state index in [1.165, 1.54) is 7.05 Å². The van der Waals surface area contributed by atoms with Gasteiger partial charge in [0.15, 0.2) is 0 Å². The Morgan fingerprint density at radius 1 is 1.33 bits per heavy atom. The Hall–Kier alpha value is -3.51. The first-order valence-electron chi connectivity index (χ1n) is 9.58. The minimum absolute atomic E-state index is 0.00743. The lowest BCUT2D eigenvalue weighted by Gasteiger charge is -2.27. The largest absolute Gasteiger partial charge is 0.391 e. The molecule has 9 nitrogen and oxygen atoms in total. The number of anilines is 1. The van der Waals surface area contributed by atoms with Crippen molar-refractivity contribution in [3.05, 3.63) is 40.6 Å². The first-order chi connectivity index (χ1) is 14.4. The fraction of sp³-hybridized carbons (Fsp3) is 0.381. The van der Waals surface area contributed by atoms with Crippen molar-refractivity contribution in [2.45, 2.75) is 6.92 Å². The highest BCUT2D eigenvalue weighted by molar-refractivity contribution is 6.22. The molecule has 2 rings (SSSR count). The summed E-state index contributed by atoms with van der Waals surface area (Å²) in [5.74, 6) is 5.76. The van der Waals surface area contributed by atoms with E-state index < -0.39 is 0 Å². The summed E-state index contributed by atoms with van der Waals surface area (Å²) in [6.07, 6.45) is 0. The summed E-state index contributed by atoms with van der Waals surface area (Å²) >= 11 is 0. The van der Waals surface area contributed by atoms with Gasteiger partial charge >= 0.3 is 0 Å². The zero-order valence-electron chi connectivity index (χ0n) is 17.6. The van der Waals surface area contributed by atoms with E-state index in [2.05, 4.69) is 27.5 Å². The molecule has 1 saturated heterocycles. The van der Waals surface area contributed by atoms with Crippen LogP contribution >= 0.6 is 0 Å². The Kier molecular flexibility index (Phi) is 8.26. The third kappa shape index (κ3) is 5.99. The van der Waals surface area contributed by atoms with Crippen molar-refractivity contribution in [3.63, 3.8) is 0 Å². The van der Waals surface area contributed by atoms with Gasteiger partial charge in [0.05, 0.1) is 31.0 Å². The van der Waals surface area contributed by atoms with Gasteiger partial charge in [0.25, 0.3) is 0 Å². The van der Waals surface area contributed by atoms with Crippen molar-refractivity contribution in [2.24, 2.45) is 16.5 Å². The van der Waals surface area contributed by atoms with E-state index in [-0.39, 0.29) is 35.4 Å².